The van der Waals surface area contributed by atoms with Crippen LogP contribution in [-0.4, -0.2) is 43.4 Å². The van der Waals surface area contributed by atoms with Crippen molar-refractivity contribution in [1.29, 1.82) is 0 Å². The zero-order valence-corrected chi connectivity index (χ0v) is 12.1. The fraction of sp³-hybridized carbons (Fsp3) is 0.625. The second kappa shape index (κ2) is 7.72. The average molecular weight is 281 g/mol. The molecule has 1 N–H and O–H groups in total. The minimum Gasteiger partial charge on any atom is -0.388 e. The number of halogens is 1. The lowest BCUT2D eigenvalue weighted by atomic mass is 9.99. The highest BCUT2D eigenvalue weighted by molar-refractivity contribution is 5.19. The second-order valence-electron chi connectivity index (χ2n) is 5.64. The van der Waals surface area contributed by atoms with Gasteiger partial charge in [0, 0.05) is 31.9 Å². The topological polar surface area (TPSA) is 32.7 Å². The Morgan fingerprint density at radius 2 is 2.05 bits per heavy atom. The second-order valence-corrected chi connectivity index (χ2v) is 5.64. The molecule has 112 valence electrons. The third-order valence-corrected chi connectivity index (χ3v) is 3.96. The van der Waals surface area contributed by atoms with E-state index in [2.05, 4.69) is 11.9 Å². The van der Waals surface area contributed by atoms with Crippen LogP contribution in [0.4, 0.5) is 4.39 Å². The number of hydrogen-bond acceptors (Lipinski definition) is 3. The van der Waals surface area contributed by atoms with Crippen molar-refractivity contribution in [2.75, 3.05) is 33.4 Å². The number of rotatable bonds is 6. The summed E-state index contributed by atoms with van der Waals surface area (Å²) in [5.41, 5.74) is 0.395. The molecule has 0 aliphatic carbocycles. The van der Waals surface area contributed by atoms with E-state index in [0.717, 1.165) is 39.1 Å². The van der Waals surface area contributed by atoms with E-state index >= 15 is 0 Å². The van der Waals surface area contributed by atoms with Gasteiger partial charge in [0.05, 0.1) is 6.10 Å². The molecule has 1 aliphatic rings. The summed E-state index contributed by atoms with van der Waals surface area (Å²) in [5.74, 6) is 0.353. The van der Waals surface area contributed by atoms with Gasteiger partial charge < -0.3 is 14.7 Å². The molecule has 1 aliphatic heterocycles. The van der Waals surface area contributed by atoms with E-state index in [-0.39, 0.29) is 5.82 Å². The molecule has 1 aromatic rings. The van der Waals surface area contributed by atoms with E-state index in [4.69, 9.17) is 4.74 Å². The van der Waals surface area contributed by atoms with Gasteiger partial charge in [-0.1, -0.05) is 18.2 Å². The van der Waals surface area contributed by atoms with Crippen LogP contribution in [0, 0.1) is 11.7 Å². The zero-order chi connectivity index (χ0) is 14.4. The Morgan fingerprint density at radius 1 is 1.35 bits per heavy atom. The quantitative estimate of drug-likeness (QED) is 0.870. The molecule has 0 radical (unpaired) electrons. The summed E-state index contributed by atoms with van der Waals surface area (Å²) < 4.78 is 18.9. The molecule has 1 atom stereocenters. The van der Waals surface area contributed by atoms with Crippen LogP contribution in [-0.2, 0) is 4.74 Å². The van der Waals surface area contributed by atoms with Crippen LogP contribution in [0.1, 0.15) is 30.9 Å². The molecule has 0 spiro atoms. The minimum atomic E-state index is -0.728. The summed E-state index contributed by atoms with van der Waals surface area (Å²) >= 11 is 0. The summed E-state index contributed by atoms with van der Waals surface area (Å²) in [6.45, 7) is 3.51. The first kappa shape index (κ1) is 15.4. The van der Waals surface area contributed by atoms with Gasteiger partial charge in [0.15, 0.2) is 0 Å². The van der Waals surface area contributed by atoms with Gasteiger partial charge in [-0.2, -0.15) is 0 Å². The maximum Gasteiger partial charge on any atom is 0.128 e. The molecule has 1 heterocycles. The van der Waals surface area contributed by atoms with Crippen LogP contribution in [0.5, 0.6) is 0 Å². The normalized spacial score (nSPS) is 18.4. The molecule has 4 heteroatoms. The first-order valence-corrected chi connectivity index (χ1v) is 7.35. The number of ether oxygens (including phenoxy) is 1. The fourth-order valence-electron chi connectivity index (χ4n) is 2.70. The van der Waals surface area contributed by atoms with Crippen LogP contribution < -0.4 is 0 Å². The van der Waals surface area contributed by atoms with E-state index in [0.29, 0.717) is 17.9 Å². The van der Waals surface area contributed by atoms with Crippen molar-refractivity contribution in [2.24, 2.45) is 5.92 Å². The number of benzene rings is 1. The van der Waals surface area contributed by atoms with E-state index in [9.17, 15) is 9.50 Å². The van der Waals surface area contributed by atoms with Crippen LogP contribution in [0.2, 0.25) is 0 Å². The van der Waals surface area contributed by atoms with E-state index in [1.54, 1.807) is 18.2 Å². The molecular weight excluding hydrogens is 257 g/mol. The Kier molecular flexibility index (Phi) is 5.95. The zero-order valence-electron chi connectivity index (χ0n) is 12.1. The first-order valence-electron chi connectivity index (χ1n) is 7.35. The SMILES string of the molecule is CN(CCC(O)c1ccccc1F)CC1CCOCC1. The van der Waals surface area contributed by atoms with E-state index in [1.165, 1.54) is 6.07 Å². The number of aliphatic hydroxyl groups is 1. The van der Waals surface area contributed by atoms with Crippen molar-refractivity contribution in [3.63, 3.8) is 0 Å². The molecule has 2 rings (SSSR count). The third-order valence-electron chi connectivity index (χ3n) is 3.96. The Morgan fingerprint density at radius 3 is 2.75 bits per heavy atom. The van der Waals surface area contributed by atoms with Gasteiger partial charge in [0.25, 0.3) is 0 Å². The maximum atomic E-state index is 13.5. The predicted octanol–water partition coefficient (Wildman–Crippen LogP) is 2.61. The predicted molar refractivity (Wildman–Crippen MR) is 77.0 cm³/mol. The average Bonchev–Trinajstić information content (AvgIpc) is 2.46. The fourth-order valence-corrected chi connectivity index (χ4v) is 2.70. The number of hydrogen-bond donors (Lipinski definition) is 1. The lowest BCUT2D eigenvalue weighted by Crippen LogP contribution is -2.31. The van der Waals surface area contributed by atoms with Crippen molar-refractivity contribution in [3.8, 4) is 0 Å². The van der Waals surface area contributed by atoms with Gasteiger partial charge >= 0.3 is 0 Å². The van der Waals surface area contributed by atoms with Crippen LogP contribution >= 0.6 is 0 Å². The van der Waals surface area contributed by atoms with Gasteiger partial charge in [-0.05, 0) is 38.3 Å². The summed E-state index contributed by atoms with van der Waals surface area (Å²) in [6, 6.07) is 6.44. The molecule has 0 bridgehead atoms. The summed E-state index contributed by atoms with van der Waals surface area (Å²) in [7, 11) is 2.06. The Balaban J connectivity index is 1.75. The van der Waals surface area contributed by atoms with Crippen molar-refractivity contribution < 1.29 is 14.2 Å². The summed E-state index contributed by atoms with van der Waals surface area (Å²) in [5, 5.41) is 10.1. The van der Waals surface area contributed by atoms with Gasteiger partial charge in [-0.25, -0.2) is 4.39 Å². The van der Waals surface area contributed by atoms with Crippen LogP contribution in [0.3, 0.4) is 0 Å². The van der Waals surface area contributed by atoms with Crippen LogP contribution in [0.25, 0.3) is 0 Å². The molecule has 0 amide bonds. The van der Waals surface area contributed by atoms with Gasteiger partial charge in [0.2, 0.25) is 0 Å². The smallest absolute Gasteiger partial charge is 0.128 e. The lowest BCUT2D eigenvalue weighted by Gasteiger charge is -2.27. The molecule has 1 unspecified atom stereocenters. The third kappa shape index (κ3) is 4.54. The molecular formula is C16H24FNO2. The lowest BCUT2D eigenvalue weighted by molar-refractivity contribution is 0.0533. The van der Waals surface area contributed by atoms with Gasteiger partial charge in [0.1, 0.15) is 5.82 Å². The van der Waals surface area contributed by atoms with Crippen molar-refractivity contribution in [1.82, 2.24) is 4.90 Å². The minimum absolute atomic E-state index is 0.327. The van der Waals surface area contributed by atoms with Crippen molar-refractivity contribution >= 4 is 0 Å². The molecule has 1 fully saturated rings. The summed E-state index contributed by atoms with van der Waals surface area (Å²) in [4.78, 5) is 2.22. The Hall–Kier alpha value is -0.970. The first-order chi connectivity index (χ1) is 9.66. The number of nitrogens with zero attached hydrogens (tertiary/aromatic N) is 1. The Labute approximate surface area is 120 Å². The highest BCUT2D eigenvalue weighted by Crippen LogP contribution is 2.21. The standard InChI is InChI=1S/C16H24FNO2/c1-18(12-13-7-10-20-11-8-13)9-6-16(19)14-4-2-3-5-15(14)17/h2-5,13,16,19H,6-12H2,1H3. The number of aliphatic hydroxyl groups excluding tert-OH is 1. The molecule has 1 saturated heterocycles. The summed E-state index contributed by atoms with van der Waals surface area (Å²) in [6.07, 6.45) is 2.05. The molecule has 1 aromatic carbocycles. The Bertz CT molecular complexity index is 407. The molecule has 20 heavy (non-hydrogen) atoms. The highest BCUT2D eigenvalue weighted by atomic mass is 19.1. The molecule has 0 saturated carbocycles. The molecule has 0 aromatic heterocycles. The van der Waals surface area contributed by atoms with Gasteiger partial charge in [-0.3, -0.25) is 0 Å². The largest absolute Gasteiger partial charge is 0.388 e. The van der Waals surface area contributed by atoms with Crippen molar-refractivity contribution in [3.05, 3.63) is 35.6 Å². The van der Waals surface area contributed by atoms with Crippen molar-refractivity contribution in [2.45, 2.75) is 25.4 Å². The monoisotopic (exact) mass is 281 g/mol. The van der Waals surface area contributed by atoms with E-state index < -0.39 is 6.10 Å². The maximum absolute atomic E-state index is 13.5. The highest BCUT2D eigenvalue weighted by Gasteiger charge is 2.17. The van der Waals surface area contributed by atoms with Crippen LogP contribution in [0.15, 0.2) is 24.3 Å². The van der Waals surface area contributed by atoms with E-state index in [1.807, 2.05) is 0 Å². The van der Waals surface area contributed by atoms with Gasteiger partial charge in [-0.15, -0.1) is 0 Å². The molecule has 3 nitrogen and oxygen atoms in total.